The van der Waals surface area contributed by atoms with Crippen molar-refractivity contribution in [3.8, 4) is 0 Å². The molecule has 0 bridgehead atoms. The fourth-order valence-electron chi connectivity index (χ4n) is 3.28. The highest BCUT2D eigenvalue weighted by Crippen LogP contribution is 2.32. The lowest BCUT2D eigenvalue weighted by molar-refractivity contribution is -0.0114. The van der Waals surface area contributed by atoms with Crippen LogP contribution in [0.5, 0.6) is 0 Å². The van der Waals surface area contributed by atoms with Crippen LogP contribution in [0, 0.1) is 0 Å². The normalized spacial score (nSPS) is 25.5. The van der Waals surface area contributed by atoms with Crippen molar-refractivity contribution in [3.63, 3.8) is 0 Å². The van der Waals surface area contributed by atoms with Crippen LogP contribution < -0.4 is 0 Å². The highest BCUT2D eigenvalue weighted by atomic mass is 16.6. The van der Waals surface area contributed by atoms with E-state index in [4.69, 9.17) is 9.47 Å². The standard InChI is InChI=1S/C14H20N4O4/c1-17-8-14(22-13(17)20)4-3-5-18(9-14)7-10-6-15-16-11(10)12(19)21-2/h6H,3-5,7-9H2,1-2H3,(H,15,16)/t14-/m1/s1. The molecular formula is C14H20N4O4. The second-order valence-corrected chi connectivity index (χ2v) is 5.98. The first-order valence-electron chi connectivity index (χ1n) is 7.30. The molecule has 2 saturated heterocycles. The van der Waals surface area contributed by atoms with Gasteiger partial charge in [0.1, 0.15) is 11.3 Å². The summed E-state index contributed by atoms with van der Waals surface area (Å²) < 4.78 is 10.3. The van der Waals surface area contributed by atoms with Gasteiger partial charge in [0.15, 0.2) is 0 Å². The van der Waals surface area contributed by atoms with Crippen LogP contribution in [0.15, 0.2) is 6.20 Å². The van der Waals surface area contributed by atoms with Gasteiger partial charge in [-0.05, 0) is 19.4 Å². The number of esters is 1. The highest BCUT2D eigenvalue weighted by Gasteiger charge is 2.46. The number of H-pyrrole nitrogens is 1. The van der Waals surface area contributed by atoms with Gasteiger partial charge in [0.2, 0.25) is 0 Å². The predicted octanol–water partition coefficient (Wildman–Crippen LogP) is 0.613. The zero-order valence-corrected chi connectivity index (χ0v) is 12.8. The minimum Gasteiger partial charge on any atom is -0.464 e. The lowest BCUT2D eigenvalue weighted by atomic mass is 9.92. The van der Waals surface area contributed by atoms with E-state index in [9.17, 15) is 9.59 Å². The second-order valence-electron chi connectivity index (χ2n) is 5.98. The van der Waals surface area contributed by atoms with E-state index < -0.39 is 11.6 Å². The number of methoxy groups -OCH3 is 1. The fraction of sp³-hybridized carbons (Fsp3) is 0.643. The Bertz CT molecular complexity index is 587. The molecule has 0 radical (unpaired) electrons. The van der Waals surface area contributed by atoms with Gasteiger partial charge in [-0.2, -0.15) is 5.10 Å². The summed E-state index contributed by atoms with van der Waals surface area (Å²) in [5, 5.41) is 6.60. The van der Waals surface area contributed by atoms with Gasteiger partial charge in [0, 0.05) is 25.7 Å². The highest BCUT2D eigenvalue weighted by molar-refractivity contribution is 5.88. The molecule has 1 aromatic rings. The first-order chi connectivity index (χ1) is 10.5. The summed E-state index contributed by atoms with van der Waals surface area (Å²) in [7, 11) is 3.10. The number of likely N-dealkylation sites (tertiary alicyclic amines) is 1. The van der Waals surface area contributed by atoms with Crippen LogP contribution in [0.2, 0.25) is 0 Å². The monoisotopic (exact) mass is 308 g/mol. The molecule has 8 nitrogen and oxygen atoms in total. The Labute approximate surface area is 128 Å². The minimum atomic E-state index is -0.431. The van der Waals surface area contributed by atoms with Crippen LogP contribution in [0.4, 0.5) is 4.79 Å². The number of amides is 1. The van der Waals surface area contributed by atoms with E-state index >= 15 is 0 Å². The Morgan fingerprint density at radius 2 is 2.36 bits per heavy atom. The Morgan fingerprint density at radius 1 is 1.55 bits per heavy atom. The summed E-state index contributed by atoms with van der Waals surface area (Å²) in [4.78, 5) is 27.1. The van der Waals surface area contributed by atoms with E-state index in [-0.39, 0.29) is 6.09 Å². The van der Waals surface area contributed by atoms with Crippen LogP contribution in [-0.2, 0) is 16.0 Å². The summed E-state index contributed by atoms with van der Waals surface area (Å²) >= 11 is 0. The van der Waals surface area contributed by atoms with Gasteiger partial charge in [-0.1, -0.05) is 0 Å². The molecule has 1 amide bonds. The van der Waals surface area contributed by atoms with E-state index in [1.165, 1.54) is 7.11 Å². The molecule has 0 aromatic carbocycles. The van der Waals surface area contributed by atoms with Crippen LogP contribution in [0.3, 0.4) is 0 Å². The van der Waals surface area contributed by atoms with E-state index in [1.807, 2.05) is 0 Å². The number of hydrogen-bond acceptors (Lipinski definition) is 6. The number of nitrogens with one attached hydrogen (secondary N) is 1. The van der Waals surface area contributed by atoms with Gasteiger partial charge < -0.3 is 14.4 Å². The number of carbonyl (C=O) groups excluding carboxylic acids is 2. The number of piperidine rings is 1. The number of likely N-dealkylation sites (N-methyl/N-ethyl adjacent to an activating group) is 1. The molecule has 2 fully saturated rings. The number of aromatic nitrogens is 2. The van der Waals surface area contributed by atoms with Crippen LogP contribution in [-0.4, -0.2) is 71.5 Å². The Hall–Kier alpha value is -2.09. The number of ether oxygens (including phenoxy) is 2. The molecule has 2 aliphatic heterocycles. The summed E-state index contributed by atoms with van der Waals surface area (Å²) in [6, 6.07) is 0. The maximum atomic E-state index is 11.7. The summed E-state index contributed by atoms with van der Waals surface area (Å²) in [6.07, 6.45) is 3.20. The van der Waals surface area contributed by atoms with Crippen molar-refractivity contribution in [2.75, 3.05) is 33.8 Å². The fourth-order valence-corrected chi connectivity index (χ4v) is 3.28. The largest absolute Gasteiger partial charge is 0.464 e. The molecule has 8 heteroatoms. The number of carbonyl (C=O) groups is 2. The topological polar surface area (TPSA) is 87.8 Å². The molecule has 3 rings (SSSR count). The number of aromatic amines is 1. The van der Waals surface area contributed by atoms with E-state index in [0.717, 1.165) is 24.9 Å². The van der Waals surface area contributed by atoms with Crippen LogP contribution in [0.1, 0.15) is 28.9 Å². The number of rotatable bonds is 3. The minimum absolute atomic E-state index is 0.264. The molecule has 1 N–H and O–H groups in total. The smallest absolute Gasteiger partial charge is 0.410 e. The van der Waals surface area contributed by atoms with E-state index in [0.29, 0.717) is 25.3 Å². The zero-order valence-electron chi connectivity index (χ0n) is 12.8. The molecule has 0 unspecified atom stereocenters. The molecule has 1 spiro atoms. The summed E-state index contributed by atoms with van der Waals surface area (Å²) in [6.45, 7) is 2.74. The van der Waals surface area contributed by atoms with Crippen molar-refractivity contribution < 1.29 is 19.1 Å². The van der Waals surface area contributed by atoms with Gasteiger partial charge in [-0.3, -0.25) is 10.00 Å². The average Bonchev–Trinajstić information content (AvgIpc) is 3.04. The SMILES string of the molecule is COC(=O)c1[nH]ncc1CN1CCC[C@]2(C1)CN(C)C(=O)O2. The Morgan fingerprint density at radius 3 is 3.05 bits per heavy atom. The van der Waals surface area contributed by atoms with Crippen molar-refractivity contribution >= 4 is 12.1 Å². The van der Waals surface area contributed by atoms with E-state index in [1.54, 1.807) is 18.1 Å². The first-order valence-corrected chi connectivity index (χ1v) is 7.30. The molecule has 22 heavy (non-hydrogen) atoms. The average molecular weight is 308 g/mol. The van der Waals surface area contributed by atoms with Gasteiger partial charge >= 0.3 is 12.1 Å². The molecule has 3 heterocycles. The molecule has 0 saturated carbocycles. The second kappa shape index (κ2) is 5.60. The maximum Gasteiger partial charge on any atom is 0.410 e. The van der Waals surface area contributed by atoms with Crippen LogP contribution in [0.25, 0.3) is 0 Å². The van der Waals surface area contributed by atoms with Crippen molar-refractivity contribution in [3.05, 3.63) is 17.5 Å². The Balaban J connectivity index is 1.70. The van der Waals surface area contributed by atoms with Crippen molar-refractivity contribution in [1.29, 1.82) is 0 Å². The van der Waals surface area contributed by atoms with Gasteiger partial charge in [0.05, 0.1) is 19.9 Å². The Kier molecular flexibility index (Phi) is 3.78. The maximum absolute atomic E-state index is 11.7. The molecule has 2 aliphatic rings. The first kappa shape index (κ1) is 14.8. The third-order valence-corrected chi connectivity index (χ3v) is 4.26. The van der Waals surface area contributed by atoms with E-state index in [2.05, 4.69) is 15.1 Å². The van der Waals surface area contributed by atoms with Gasteiger partial charge in [-0.15, -0.1) is 0 Å². The lowest BCUT2D eigenvalue weighted by Gasteiger charge is -2.38. The van der Waals surface area contributed by atoms with Crippen molar-refractivity contribution in [1.82, 2.24) is 20.0 Å². The predicted molar refractivity (Wildman–Crippen MR) is 76.3 cm³/mol. The number of hydrogen-bond donors (Lipinski definition) is 1. The molecule has 120 valence electrons. The third-order valence-electron chi connectivity index (χ3n) is 4.26. The quantitative estimate of drug-likeness (QED) is 0.823. The van der Waals surface area contributed by atoms with Crippen molar-refractivity contribution in [2.45, 2.75) is 25.0 Å². The lowest BCUT2D eigenvalue weighted by Crippen LogP contribution is -2.50. The molecule has 1 aromatic heterocycles. The molecule has 1 atom stereocenters. The summed E-state index contributed by atoms with van der Waals surface area (Å²) in [5.41, 5.74) is 0.739. The third kappa shape index (κ3) is 2.66. The van der Waals surface area contributed by atoms with Crippen LogP contribution >= 0.6 is 0 Å². The van der Waals surface area contributed by atoms with Gasteiger partial charge in [-0.25, -0.2) is 9.59 Å². The molecular weight excluding hydrogens is 288 g/mol. The number of nitrogens with zero attached hydrogens (tertiary/aromatic N) is 3. The summed E-state index contributed by atoms with van der Waals surface area (Å²) in [5.74, 6) is -0.425. The molecule has 0 aliphatic carbocycles. The zero-order chi connectivity index (χ0) is 15.7. The van der Waals surface area contributed by atoms with Crippen molar-refractivity contribution in [2.24, 2.45) is 0 Å². The van der Waals surface area contributed by atoms with Gasteiger partial charge in [0.25, 0.3) is 0 Å².